The lowest BCUT2D eigenvalue weighted by molar-refractivity contribution is 0.140. The molecule has 2 unspecified atom stereocenters. The van der Waals surface area contributed by atoms with Crippen LogP contribution in [0.3, 0.4) is 0 Å². The van der Waals surface area contributed by atoms with Crippen LogP contribution in [0.15, 0.2) is 0 Å². The summed E-state index contributed by atoms with van der Waals surface area (Å²) < 4.78 is 0. The Balaban J connectivity index is 1.94. The Morgan fingerprint density at radius 1 is 0.952 bits per heavy atom. The normalized spacial score (nSPS) is 28.4. The highest BCUT2D eigenvalue weighted by atomic mass is 15.2. The number of hydrogen-bond donors (Lipinski definition) is 1. The number of rotatable bonds is 7. The van der Waals surface area contributed by atoms with Gasteiger partial charge >= 0.3 is 0 Å². The first-order valence-corrected chi connectivity index (χ1v) is 9.62. The maximum absolute atomic E-state index is 3.63. The number of hydrogen-bond acceptors (Lipinski definition) is 2. The van der Waals surface area contributed by atoms with E-state index in [1.54, 1.807) is 0 Å². The maximum atomic E-state index is 3.63. The van der Waals surface area contributed by atoms with E-state index in [-0.39, 0.29) is 0 Å². The molecule has 0 spiro atoms. The van der Waals surface area contributed by atoms with Gasteiger partial charge < -0.3 is 10.2 Å². The van der Waals surface area contributed by atoms with E-state index < -0.39 is 0 Å². The van der Waals surface area contributed by atoms with Gasteiger partial charge in [-0.3, -0.25) is 0 Å². The lowest BCUT2D eigenvalue weighted by atomic mass is 9.93. The zero-order valence-corrected chi connectivity index (χ0v) is 14.7. The Bertz CT molecular complexity index is 271. The van der Waals surface area contributed by atoms with E-state index in [1.165, 1.54) is 77.3 Å². The van der Waals surface area contributed by atoms with Gasteiger partial charge in [0, 0.05) is 18.6 Å². The van der Waals surface area contributed by atoms with Crippen LogP contribution in [0.4, 0.5) is 0 Å². The molecular weight excluding hydrogens is 256 g/mol. The summed E-state index contributed by atoms with van der Waals surface area (Å²) >= 11 is 0. The molecule has 0 radical (unpaired) electrons. The van der Waals surface area contributed by atoms with Gasteiger partial charge in [0.1, 0.15) is 0 Å². The lowest BCUT2D eigenvalue weighted by Crippen LogP contribution is -2.44. The minimum absolute atomic E-state index is 0.760. The van der Waals surface area contributed by atoms with E-state index in [1.807, 2.05) is 0 Å². The van der Waals surface area contributed by atoms with Crippen LogP contribution < -0.4 is 5.32 Å². The predicted molar refractivity (Wildman–Crippen MR) is 92.7 cm³/mol. The molecule has 2 heteroatoms. The molecule has 21 heavy (non-hydrogen) atoms. The first-order valence-electron chi connectivity index (χ1n) is 9.62. The number of nitrogens with zero attached hydrogens (tertiary/aromatic N) is 1. The summed E-state index contributed by atoms with van der Waals surface area (Å²) in [6.45, 7) is 7.42. The van der Waals surface area contributed by atoms with Crippen LogP contribution in [0.5, 0.6) is 0 Å². The van der Waals surface area contributed by atoms with Crippen LogP contribution in [0.2, 0.25) is 0 Å². The molecule has 0 aromatic carbocycles. The van der Waals surface area contributed by atoms with Crippen molar-refractivity contribution in [3.63, 3.8) is 0 Å². The van der Waals surface area contributed by atoms with Crippen molar-refractivity contribution in [3.05, 3.63) is 0 Å². The first-order chi connectivity index (χ1) is 10.2. The van der Waals surface area contributed by atoms with Gasteiger partial charge in [-0.1, -0.05) is 46.0 Å². The average Bonchev–Trinajstić information content (AvgIpc) is 2.90. The van der Waals surface area contributed by atoms with E-state index in [0.29, 0.717) is 0 Å². The van der Waals surface area contributed by atoms with E-state index in [2.05, 4.69) is 31.1 Å². The van der Waals surface area contributed by atoms with Gasteiger partial charge in [-0.05, 0) is 57.5 Å². The Morgan fingerprint density at radius 2 is 1.62 bits per heavy atom. The monoisotopic (exact) mass is 294 g/mol. The molecule has 0 aromatic rings. The molecule has 124 valence electrons. The zero-order valence-electron chi connectivity index (χ0n) is 14.7. The molecule has 0 aliphatic heterocycles. The van der Waals surface area contributed by atoms with E-state index in [4.69, 9.17) is 0 Å². The molecule has 2 nitrogen and oxygen atoms in total. The largest absolute Gasteiger partial charge is 0.317 e. The zero-order chi connectivity index (χ0) is 15.1. The van der Waals surface area contributed by atoms with Crippen LogP contribution >= 0.6 is 0 Å². The molecule has 1 N–H and O–H groups in total. The Labute approximate surface area is 133 Å². The third kappa shape index (κ3) is 5.56. The van der Waals surface area contributed by atoms with Crippen LogP contribution in [-0.4, -0.2) is 37.1 Å². The molecule has 0 aromatic heterocycles. The Kier molecular flexibility index (Phi) is 7.53. The van der Waals surface area contributed by atoms with Gasteiger partial charge in [0.15, 0.2) is 0 Å². The lowest BCUT2D eigenvalue weighted by Gasteiger charge is -2.35. The van der Waals surface area contributed by atoms with Crippen molar-refractivity contribution in [2.75, 3.05) is 20.1 Å². The van der Waals surface area contributed by atoms with E-state index in [9.17, 15) is 0 Å². The van der Waals surface area contributed by atoms with Crippen LogP contribution in [0.1, 0.15) is 78.1 Å². The molecule has 2 saturated carbocycles. The van der Waals surface area contributed by atoms with Crippen LogP contribution in [0.25, 0.3) is 0 Å². The molecular formula is C19H38N2. The highest BCUT2D eigenvalue weighted by Crippen LogP contribution is 2.29. The van der Waals surface area contributed by atoms with E-state index in [0.717, 1.165) is 23.9 Å². The van der Waals surface area contributed by atoms with E-state index >= 15 is 0 Å². The van der Waals surface area contributed by atoms with Crippen molar-refractivity contribution in [2.45, 2.75) is 90.1 Å². The smallest absolute Gasteiger partial charge is 0.0104 e. The standard InChI is InChI=1S/C19H38N2/c1-16(2)13-14-21(18-10-7-8-11-18)15-17-9-5-4-6-12-19(17)20-3/h16-20H,4-15H2,1-3H3. The van der Waals surface area contributed by atoms with Crippen molar-refractivity contribution in [2.24, 2.45) is 11.8 Å². The van der Waals surface area contributed by atoms with Crippen molar-refractivity contribution >= 4 is 0 Å². The summed E-state index contributed by atoms with van der Waals surface area (Å²) in [7, 11) is 2.18. The van der Waals surface area contributed by atoms with Gasteiger partial charge in [0.2, 0.25) is 0 Å². The van der Waals surface area contributed by atoms with Gasteiger partial charge in [-0.15, -0.1) is 0 Å². The van der Waals surface area contributed by atoms with Crippen molar-refractivity contribution < 1.29 is 0 Å². The third-order valence-corrected chi connectivity index (χ3v) is 5.83. The molecule has 0 bridgehead atoms. The molecule has 2 rings (SSSR count). The summed E-state index contributed by atoms with van der Waals surface area (Å²) in [4.78, 5) is 2.88. The second kappa shape index (κ2) is 9.15. The van der Waals surface area contributed by atoms with Crippen molar-refractivity contribution in [1.82, 2.24) is 10.2 Å². The van der Waals surface area contributed by atoms with Crippen molar-refractivity contribution in [1.29, 1.82) is 0 Å². The Hall–Kier alpha value is -0.0800. The second-order valence-electron chi connectivity index (χ2n) is 7.91. The minimum Gasteiger partial charge on any atom is -0.317 e. The predicted octanol–water partition coefficient (Wildman–Crippen LogP) is 4.45. The molecule has 2 fully saturated rings. The Morgan fingerprint density at radius 3 is 2.29 bits per heavy atom. The van der Waals surface area contributed by atoms with Gasteiger partial charge in [-0.2, -0.15) is 0 Å². The average molecular weight is 295 g/mol. The fourth-order valence-electron chi connectivity index (χ4n) is 4.40. The summed E-state index contributed by atoms with van der Waals surface area (Å²) in [5.41, 5.74) is 0. The molecule has 0 amide bonds. The summed E-state index contributed by atoms with van der Waals surface area (Å²) in [6, 6.07) is 1.65. The van der Waals surface area contributed by atoms with Crippen LogP contribution in [-0.2, 0) is 0 Å². The third-order valence-electron chi connectivity index (χ3n) is 5.83. The van der Waals surface area contributed by atoms with Crippen molar-refractivity contribution in [3.8, 4) is 0 Å². The maximum Gasteiger partial charge on any atom is 0.0104 e. The highest BCUT2D eigenvalue weighted by molar-refractivity contribution is 4.85. The fraction of sp³-hybridized carbons (Fsp3) is 1.00. The molecule has 0 heterocycles. The van der Waals surface area contributed by atoms with Gasteiger partial charge in [0.25, 0.3) is 0 Å². The summed E-state index contributed by atoms with van der Waals surface area (Å²) in [5.74, 6) is 1.72. The second-order valence-corrected chi connectivity index (χ2v) is 7.91. The molecule has 0 saturated heterocycles. The van der Waals surface area contributed by atoms with Crippen LogP contribution in [0, 0.1) is 11.8 Å². The number of nitrogens with one attached hydrogen (secondary N) is 1. The highest BCUT2D eigenvalue weighted by Gasteiger charge is 2.28. The first kappa shape index (κ1) is 17.3. The fourth-order valence-corrected chi connectivity index (χ4v) is 4.40. The topological polar surface area (TPSA) is 15.3 Å². The summed E-state index contributed by atoms with van der Waals surface area (Å²) in [5, 5.41) is 3.63. The molecule has 2 aliphatic rings. The van der Waals surface area contributed by atoms with Gasteiger partial charge in [0.05, 0.1) is 0 Å². The SMILES string of the molecule is CNC1CCCCCC1CN(CCC(C)C)C1CCCC1. The summed E-state index contributed by atoms with van der Waals surface area (Å²) in [6.07, 6.45) is 14.4. The molecule has 2 aliphatic carbocycles. The quantitative estimate of drug-likeness (QED) is 0.698. The minimum atomic E-state index is 0.760. The van der Waals surface area contributed by atoms with Gasteiger partial charge in [-0.25, -0.2) is 0 Å². The molecule has 2 atom stereocenters.